The molecule has 0 aromatic carbocycles. The number of aromatic amines is 1. The Morgan fingerprint density at radius 3 is 3.21 bits per heavy atom. The second-order valence-corrected chi connectivity index (χ2v) is 3.62. The predicted octanol–water partition coefficient (Wildman–Crippen LogP) is 0.917. The molecule has 5 heteroatoms. The van der Waals surface area contributed by atoms with Crippen molar-refractivity contribution >= 4 is 11.6 Å². The molecule has 1 aromatic heterocycles. The van der Waals surface area contributed by atoms with Gasteiger partial charge in [-0.15, -0.1) is 0 Å². The Hall–Kier alpha value is -1.36. The molecule has 0 aliphatic carbocycles. The molecule has 0 saturated carbocycles. The zero-order valence-corrected chi connectivity index (χ0v) is 8.04. The zero-order valence-electron chi connectivity index (χ0n) is 8.04. The van der Waals surface area contributed by atoms with E-state index in [9.17, 15) is 4.79 Å². The summed E-state index contributed by atoms with van der Waals surface area (Å²) >= 11 is 0. The van der Waals surface area contributed by atoms with E-state index >= 15 is 0 Å². The van der Waals surface area contributed by atoms with Crippen molar-refractivity contribution in [1.82, 2.24) is 10.2 Å². The van der Waals surface area contributed by atoms with Crippen LogP contribution in [0.25, 0.3) is 0 Å². The third-order valence-electron chi connectivity index (χ3n) is 2.46. The summed E-state index contributed by atoms with van der Waals surface area (Å²) in [5, 5.41) is 9.12. The van der Waals surface area contributed by atoms with Crippen LogP contribution in [-0.4, -0.2) is 28.3 Å². The van der Waals surface area contributed by atoms with E-state index in [1.807, 2.05) is 6.92 Å². The van der Waals surface area contributed by atoms with Crippen molar-refractivity contribution in [2.45, 2.75) is 25.4 Å². The molecule has 0 spiro atoms. The van der Waals surface area contributed by atoms with E-state index in [2.05, 4.69) is 15.5 Å². The molecule has 14 heavy (non-hydrogen) atoms. The molecule has 76 valence electrons. The molecule has 1 atom stereocenters. The number of amides is 1. The minimum atomic E-state index is -0.669. The van der Waals surface area contributed by atoms with Crippen molar-refractivity contribution in [3.05, 3.63) is 12.4 Å². The number of ether oxygens (including phenoxy) is 1. The lowest BCUT2D eigenvalue weighted by molar-refractivity contribution is -0.133. The summed E-state index contributed by atoms with van der Waals surface area (Å²) < 4.78 is 5.41. The van der Waals surface area contributed by atoms with Crippen molar-refractivity contribution in [3.8, 4) is 0 Å². The number of nitrogens with one attached hydrogen (secondary N) is 2. The van der Waals surface area contributed by atoms with Crippen molar-refractivity contribution in [2.75, 3.05) is 11.9 Å². The van der Waals surface area contributed by atoms with Crippen LogP contribution in [-0.2, 0) is 9.53 Å². The van der Waals surface area contributed by atoms with Gasteiger partial charge in [0.25, 0.3) is 5.91 Å². The number of carbonyl (C=O) groups is 1. The van der Waals surface area contributed by atoms with E-state index in [4.69, 9.17) is 4.74 Å². The van der Waals surface area contributed by atoms with Gasteiger partial charge in [-0.2, -0.15) is 5.10 Å². The molecule has 2 rings (SSSR count). The molecule has 1 amide bonds. The zero-order chi connectivity index (χ0) is 10.0. The minimum absolute atomic E-state index is 0.101. The van der Waals surface area contributed by atoms with E-state index in [0.29, 0.717) is 12.3 Å². The molecule has 1 saturated heterocycles. The first-order valence-electron chi connectivity index (χ1n) is 4.65. The Morgan fingerprint density at radius 2 is 2.64 bits per heavy atom. The van der Waals surface area contributed by atoms with Crippen LogP contribution in [0, 0.1) is 0 Å². The van der Waals surface area contributed by atoms with Gasteiger partial charge in [0.1, 0.15) is 5.60 Å². The second-order valence-electron chi connectivity index (χ2n) is 3.62. The highest BCUT2D eigenvalue weighted by atomic mass is 16.5. The van der Waals surface area contributed by atoms with Crippen LogP contribution in [0.2, 0.25) is 0 Å². The topological polar surface area (TPSA) is 67.0 Å². The highest BCUT2D eigenvalue weighted by molar-refractivity contribution is 5.96. The predicted molar refractivity (Wildman–Crippen MR) is 50.8 cm³/mol. The average Bonchev–Trinajstić information content (AvgIpc) is 2.76. The normalized spacial score (nSPS) is 26.4. The third kappa shape index (κ3) is 1.63. The minimum Gasteiger partial charge on any atom is -0.365 e. The van der Waals surface area contributed by atoms with Gasteiger partial charge in [0, 0.05) is 12.8 Å². The van der Waals surface area contributed by atoms with Crippen LogP contribution in [0.5, 0.6) is 0 Å². The maximum Gasteiger partial charge on any atom is 0.256 e. The van der Waals surface area contributed by atoms with Crippen molar-refractivity contribution in [1.29, 1.82) is 0 Å². The number of H-pyrrole nitrogens is 1. The molecule has 2 heterocycles. The van der Waals surface area contributed by atoms with Crippen LogP contribution in [0.1, 0.15) is 19.8 Å². The molecule has 0 bridgehead atoms. The van der Waals surface area contributed by atoms with Gasteiger partial charge < -0.3 is 10.1 Å². The molecule has 5 nitrogen and oxygen atoms in total. The summed E-state index contributed by atoms with van der Waals surface area (Å²) in [6, 6.07) is 0. The standard InChI is InChI=1S/C9H13N3O2/c1-9(3-2-4-14-9)8(13)12-7-5-10-11-6-7/h5-6H,2-4H2,1H3,(H,10,11)(H,12,13). The van der Waals surface area contributed by atoms with E-state index in [0.717, 1.165) is 12.8 Å². The molecule has 0 radical (unpaired) electrons. The van der Waals surface area contributed by atoms with Gasteiger partial charge in [-0.25, -0.2) is 0 Å². The molecule has 1 unspecified atom stereocenters. The second kappa shape index (κ2) is 3.42. The number of carbonyl (C=O) groups excluding carboxylic acids is 1. The lowest BCUT2D eigenvalue weighted by Crippen LogP contribution is -2.39. The quantitative estimate of drug-likeness (QED) is 0.737. The first-order valence-corrected chi connectivity index (χ1v) is 4.65. The van der Waals surface area contributed by atoms with Crippen LogP contribution in [0.15, 0.2) is 12.4 Å². The van der Waals surface area contributed by atoms with Crippen molar-refractivity contribution in [2.24, 2.45) is 0 Å². The largest absolute Gasteiger partial charge is 0.365 e. The Balaban J connectivity index is 2.02. The van der Waals surface area contributed by atoms with Crippen LogP contribution < -0.4 is 5.32 Å². The van der Waals surface area contributed by atoms with Gasteiger partial charge in [0.15, 0.2) is 0 Å². The Morgan fingerprint density at radius 1 is 1.79 bits per heavy atom. The molecular weight excluding hydrogens is 182 g/mol. The van der Waals surface area contributed by atoms with Gasteiger partial charge in [-0.3, -0.25) is 9.89 Å². The van der Waals surface area contributed by atoms with Gasteiger partial charge in [-0.1, -0.05) is 0 Å². The van der Waals surface area contributed by atoms with Gasteiger partial charge in [0.05, 0.1) is 11.9 Å². The van der Waals surface area contributed by atoms with Gasteiger partial charge >= 0.3 is 0 Å². The number of nitrogens with zero attached hydrogens (tertiary/aromatic N) is 1. The first kappa shape index (κ1) is 9.21. The van der Waals surface area contributed by atoms with Crippen molar-refractivity contribution in [3.63, 3.8) is 0 Å². The van der Waals surface area contributed by atoms with Crippen LogP contribution >= 0.6 is 0 Å². The Kier molecular flexibility index (Phi) is 2.25. The Labute approximate surface area is 81.8 Å². The van der Waals surface area contributed by atoms with E-state index in [1.165, 1.54) is 0 Å². The lowest BCUT2D eigenvalue weighted by atomic mass is 10.0. The summed E-state index contributed by atoms with van der Waals surface area (Å²) in [5.74, 6) is -0.101. The molecule has 1 aliphatic rings. The highest BCUT2D eigenvalue weighted by Gasteiger charge is 2.37. The SMILES string of the molecule is CC1(C(=O)Nc2cn[nH]c2)CCCO1. The Bertz CT molecular complexity index is 315. The molecule has 1 aromatic rings. The number of hydrogen-bond donors (Lipinski definition) is 2. The van der Waals surface area contributed by atoms with Crippen LogP contribution in [0.4, 0.5) is 5.69 Å². The van der Waals surface area contributed by atoms with Gasteiger partial charge in [-0.05, 0) is 19.8 Å². The van der Waals surface area contributed by atoms with Crippen LogP contribution in [0.3, 0.4) is 0 Å². The van der Waals surface area contributed by atoms with E-state index < -0.39 is 5.60 Å². The highest BCUT2D eigenvalue weighted by Crippen LogP contribution is 2.26. The van der Waals surface area contributed by atoms with Crippen molar-refractivity contribution < 1.29 is 9.53 Å². The number of aromatic nitrogens is 2. The first-order chi connectivity index (χ1) is 6.71. The maximum atomic E-state index is 11.8. The maximum absolute atomic E-state index is 11.8. The molecular formula is C9H13N3O2. The summed E-state index contributed by atoms with van der Waals surface area (Å²) in [5.41, 5.74) is 0.00352. The van der Waals surface area contributed by atoms with E-state index in [1.54, 1.807) is 12.4 Å². The fraction of sp³-hybridized carbons (Fsp3) is 0.556. The summed E-state index contributed by atoms with van der Waals surface area (Å²) in [7, 11) is 0. The molecule has 1 aliphatic heterocycles. The number of anilines is 1. The summed E-state index contributed by atoms with van der Waals surface area (Å²) in [6.07, 6.45) is 4.92. The number of rotatable bonds is 2. The lowest BCUT2D eigenvalue weighted by Gasteiger charge is -2.21. The summed E-state index contributed by atoms with van der Waals surface area (Å²) in [4.78, 5) is 11.8. The third-order valence-corrected chi connectivity index (χ3v) is 2.46. The average molecular weight is 195 g/mol. The fourth-order valence-corrected chi connectivity index (χ4v) is 1.54. The monoisotopic (exact) mass is 195 g/mol. The molecule has 2 N–H and O–H groups in total. The van der Waals surface area contributed by atoms with Gasteiger partial charge in [0.2, 0.25) is 0 Å². The number of hydrogen-bond acceptors (Lipinski definition) is 3. The molecule has 1 fully saturated rings. The smallest absolute Gasteiger partial charge is 0.256 e. The van der Waals surface area contributed by atoms with E-state index in [-0.39, 0.29) is 5.91 Å². The fourth-order valence-electron chi connectivity index (χ4n) is 1.54. The summed E-state index contributed by atoms with van der Waals surface area (Å²) in [6.45, 7) is 2.48.